The number of aliphatic hydroxyl groups excluding tert-OH is 1. The Morgan fingerprint density at radius 3 is 2.78 bits per heavy atom. The second-order valence-electron chi connectivity index (χ2n) is 4.24. The largest absolute Gasteiger partial charge is 0.497 e. The molecule has 0 spiro atoms. The van der Waals surface area contributed by atoms with Crippen molar-refractivity contribution in [3.05, 3.63) is 23.8 Å². The summed E-state index contributed by atoms with van der Waals surface area (Å²) < 4.78 is 10.9. The lowest BCUT2D eigenvalue weighted by Crippen LogP contribution is -2.14. The van der Waals surface area contributed by atoms with Crippen molar-refractivity contribution in [1.82, 2.24) is 5.32 Å². The van der Waals surface area contributed by atoms with Gasteiger partial charge in [-0.3, -0.25) is 0 Å². The van der Waals surface area contributed by atoms with Crippen LogP contribution in [-0.4, -0.2) is 31.5 Å². The van der Waals surface area contributed by atoms with Gasteiger partial charge in [-0.15, -0.1) is 0 Å². The van der Waals surface area contributed by atoms with Crippen molar-refractivity contribution in [2.45, 2.75) is 32.9 Å². The molecule has 1 unspecified atom stereocenters. The number of benzene rings is 1. The number of ether oxygens (including phenoxy) is 2. The van der Waals surface area contributed by atoms with Crippen molar-refractivity contribution in [3.63, 3.8) is 0 Å². The number of nitrogens with one attached hydrogen (secondary N) is 1. The zero-order valence-corrected chi connectivity index (χ0v) is 11.4. The quantitative estimate of drug-likeness (QED) is 0.743. The van der Waals surface area contributed by atoms with E-state index in [0.717, 1.165) is 30.2 Å². The average Bonchev–Trinajstić information content (AvgIpc) is 2.36. The molecule has 0 saturated heterocycles. The normalized spacial score (nSPS) is 12.2. The van der Waals surface area contributed by atoms with Crippen LogP contribution in [0.4, 0.5) is 0 Å². The minimum Gasteiger partial charge on any atom is -0.497 e. The zero-order chi connectivity index (χ0) is 13.4. The van der Waals surface area contributed by atoms with Crippen LogP contribution in [0.2, 0.25) is 0 Å². The predicted octanol–water partition coefficient (Wildman–Crippen LogP) is 1.95. The molecule has 1 aromatic rings. The second-order valence-corrected chi connectivity index (χ2v) is 4.24. The number of hydrogen-bond acceptors (Lipinski definition) is 4. The standard InChI is InChI=1S/C14H23NO3/c1-4-15-10-12-5-6-13(17-3)9-14(12)18-8-7-11(2)16/h5-6,9,11,15-16H,4,7-8,10H2,1-3H3. The first-order valence-electron chi connectivity index (χ1n) is 6.35. The van der Waals surface area contributed by atoms with Crippen molar-refractivity contribution >= 4 is 0 Å². The van der Waals surface area contributed by atoms with Gasteiger partial charge in [0.1, 0.15) is 11.5 Å². The van der Waals surface area contributed by atoms with E-state index in [1.165, 1.54) is 0 Å². The molecule has 2 N–H and O–H groups in total. The first-order valence-corrected chi connectivity index (χ1v) is 6.35. The molecule has 0 bridgehead atoms. The third-order valence-corrected chi connectivity index (χ3v) is 2.63. The lowest BCUT2D eigenvalue weighted by Gasteiger charge is -2.14. The summed E-state index contributed by atoms with van der Waals surface area (Å²) in [6, 6.07) is 5.81. The summed E-state index contributed by atoms with van der Waals surface area (Å²) in [5, 5.41) is 12.5. The van der Waals surface area contributed by atoms with E-state index in [2.05, 4.69) is 12.2 Å². The van der Waals surface area contributed by atoms with Crippen LogP contribution in [0.15, 0.2) is 18.2 Å². The fourth-order valence-electron chi connectivity index (χ4n) is 1.54. The Bertz CT molecular complexity index is 353. The Hall–Kier alpha value is -1.26. The van der Waals surface area contributed by atoms with Crippen LogP contribution in [0.5, 0.6) is 11.5 Å². The van der Waals surface area contributed by atoms with Crippen LogP contribution in [-0.2, 0) is 6.54 Å². The van der Waals surface area contributed by atoms with E-state index in [0.29, 0.717) is 13.0 Å². The van der Waals surface area contributed by atoms with Gasteiger partial charge in [-0.1, -0.05) is 13.0 Å². The van der Waals surface area contributed by atoms with Gasteiger partial charge < -0.3 is 19.9 Å². The Kier molecular flexibility index (Phi) is 6.54. The minimum absolute atomic E-state index is 0.340. The van der Waals surface area contributed by atoms with E-state index in [-0.39, 0.29) is 6.10 Å². The molecule has 0 heterocycles. The molecule has 1 rings (SSSR count). The van der Waals surface area contributed by atoms with Gasteiger partial charge in [-0.05, 0) is 19.5 Å². The molecule has 0 aliphatic carbocycles. The van der Waals surface area contributed by atoms with Gasteiger partial charge in [0.2, 0.25) is 0 Å². The van der Waals surface area contributed by atoms with Crippen molar-refractivity contribution in [2.75, 3.05) is 20.3 Å². The van der Waals surface area contributed by atoms with Crippen LogP contribution in [0, 0.1) is 0 Å². The maximum absolute atomic E-state index is 9.22. The first kappa shape index (κ1) is 14.8. The molecule has 0 aliphatic rings. The molecule has 0 amide bonds. The van der Waals surface area contributed by atoms with Crippen molar-refractivity contribution in [2.24, 2.45) is 0 Å². The molecule has 102 valence electrons. The fourth-order valence-corrected chi connectivity index (χ4v) is 1.54. The van der Waals surface area contributed by atoms with Gasteiger partial charge in [0.15, 0.2) is 0 Å². The maximum Gasteiger partial charge on any atom is 0.127 e. The highest BCUT2D eigenvalue weighted by molar-refractivity contribution is 5.40. The van der Waals surface area contributed by atoms with Gasteiger partial charge in [-0.2, -0.15) is 0 Å². The Balaban J connectivity index is 2.69. The lowest BCUT2D eigenvalue weighted by molar-refractivity contribution is 0.155. The summed E-state index contributed by atoms with van der Waals surface area (Å²) in [5.74, 6) is 1.60. The highest BCUT2D eigenvalue weighted by Crippen LogP contribution is 2.25. The van der Waals surface area contributed by atoms with Crippen LogP contribution in [0.3, 0.4) is 0 Å². The van der Waals surface area contributed by atoms with Crippen molar-refractivity contribution < 1.29 is 14.6 Å². The summed E-state index contributed by atoms with van der Waals surface area (Å²) >= 11 is 0. The first-order chi connectivity index (χ1) is 8.67. The van der Waals surface area contributed by atoms with E-state index >= 15 is 0 Å². The van der Waals surface area contributed by atoms with Crippen LogP contribution in [0.25, 0.3) is 0 Å². The molecule has 0 saturated carbocycles. The lowest BCUT2D eigenvalue weighted by atomic mass is 10.2. The van der Waals surface area contributed by atoms with Gasteiger partial charge in [0.25, 0.3) is 0 Å². The van der Waals surface area contributed by atoms with Crippen LogP contribution < -0.4 is 14.8 Å². The molecular formula is C14H23NO3. The summed E-state index contributed by atoms with van der Waals surface area (Å²) in [7, 11) is 1.64. The average molecular weight is 253 g/mol. The van der Waals surface area contributed by atoms with E-state index in [1.54, 1.807) is 14.0 Å². The predicted molar refractivity (Wildman–Crippen MR) is 72.2 cm³/mol. The SMILES string of the molecule is CCNCc1ccc(OC)cc1OCCC(C)O. The smallest absolute Gasteiger partial charge is 0.127 e. The highest BCUT2D eigenvalue weighted by atomic mass is 16.5. The third-order valence-electron chi connectivity index (χ3n) is 2.63. The van der Waals surface area contributed by atoms with Gasteiger partial charge in [0, 0.05) is 24.6 Å². The Morgan fingerprint density at radius 2 is 2.17 bits per heavy atom. The molecule has 0 aromatic heterocycles. The van der Waals surface area contributed by atoms with Crippen molar-refractivity contribution in [1.29, 1.82) is 0 Å². The Morgan fingerprint density at radius 1 is 1.39 bits per heavy atom. The molecular weight excluding hydrogens is 230 g/mol. The molecule has 0 radical (unpaired) electrons. The minimum atomic E-state index is -0.340. The summed E-state index contributed by atoms with van der Waals surface area (Å²) in [5.41, 5.74) is 1.10. The van der Waals surface area contributed by atoms with Crippen LogP contribution >= 0.6 is 0 Å². The molecule has 1 aromatic carbocycles. The number of methoxy groups -OCH3 is 1. The van der Waals surface area contributed by atoms with E-state index in [4.69, 9.17) is 9.47 Å². The number of rotatable bonds is 8. The summed E-state index contributed by atoms with van der Waals surface area (Å²) in [6.45, 7) is 6.01. The van der Waals surface area contributed by atoms with E-state index in [9.17, 15) is 5.11 Å². The molecule has 4 nitrogen and oxygen atoms in total. The summed E-state index contributed by atoms with van der Waals surface area (Å²) in [4.78, 5) is 0. The third kappa shape index (κ3) is 4.94. The second kappa shape index (κ2) is 7.95. The highest BCUT2D eigenvalue weighted by Gasteiger charge is 2.06. The summed E-state index contributed by atoms with van der Waals surface area (Å²) in [6.07, 6.45) is 0.283. The molecule has 1 atom stereocenters. The topological polar surface area (TPSA) is 50.7 Å². The van der Waals surface area contributed by atoms with Crippen molar-refractivity contribution in [3.8, 4) is 11.5 Å². The molecule has 0 fully saturated rings. The van der Waals surface area contributed by atoms with Gasteiger partial charge in [-0.25, -0.2) is 0 Å². The van der Waals surface area contributed by atoms with E-state index < -0.39 is 0 Å². The molecule has 4 heteroatoms. The maximum atomic E-state index is 9.22. The number of hydrogen-bond donors (Lipinski definition) is 2. The van der Waals surface area contributed by atoms with Crippen LogP contribution in [0.1, 0.15) is 25.8 Å². The van der Waals surface area contributed by atoms with Gasteiger partial charge in [0.05, 0.1) is 19.8 Å². The fraction of sp³-hybridized carbons (Fsp3) is 0.571. The number of aliphatic hydroxyl groups is 1. The molecule has 18 heavy (non-hydrogen) atoms. The Labute approximate surface area is 109 Å². The zero-order valence-electron chi connectivity index (χ0n) is 11.4. The molecule has 0 aliphatic heterocycles. The van der Waals surface area contributed by atoms with E-state index in [1.807, 2.05) is 18.2 Å². The van der Waals surface area contributed by atoms with Gasteiger partial charge >= 0.3 is 0 Å². The monoisotopic (exact) mass is 253 g/mol.